The number of benzene rings is 2. The van der Waals surface area contributed by atoms with Gasteiger partial charge in [0.25, 0.3) is 0 Å². The number of nitrogens with one attached hydrogen (secondary N) is 1. The number of para-hydroxylation sites is 2. The quantitative estimate of drug-likeness (QED) is 0.323. The van der Waals surface area contributed by atoms with Crippen molar-refractivity contribution >= 4 is 34.4 Å². The standard InChI is InChI=1S/C26H29ClN4O2/c1-3-16-30(17-4-2)26(33)19-31-23-9-6-5-8-22(23)29-24(31)10-7-15-28-25(32)18-20-11-13-21(27)14-12-20/h3-6,8-9,11-14H,1-2,7,10,15-19H2,(H,28,32). The highest BCUT2D eigenvalue weighted by molar-refractivity contribution is 6.30. The van der Waals surface area contributed by atoms with Crippen LogP contribution in [-0.4, -0.2) is 45.9 Å². The van der Waals surface area contributed by atoms with Gasteiger partial charge in [-0.3, -0.25) is 9.59 Å². The maximum atomic E-state index is 12.9. The van der Waals surface area contributed by atoms with Crippen molar-refractivity contribution in [2.45, 2.75) is 25.8 Å². The molecule has 0 fully saturated rings. The summed E-state index contributed by atoms with van der Waals surface area (Å²) in [6.07, 6.45) is 5.09. The van der Waals surface area contributed by atoms with Crippen molar-refractivity contribution in [3.8, 4) is 0 Å². The summed E-state index contributed by atoms with van der Waals surface area (Å²) < 4.78 is 1.96. The lowest BCUT2D eigenvalue weighted by Gasteiger charge is -2.20. The minimum atomic E-state index is -0.0366. The topological polar surface area (TPSA) is 67.2 Å². The van der Waals surface area contributed by atoms with Gasteiger partial charge in [-0.05, 0) is 36.2 Å². The summed E-state index contributed by atoms with van der Waals surface area (Å²) in [4.78, 5) is 31.6. The van der Waals surface area contributed by atoms with E-state index >= 15 is 0 Å². The van der Waals surface area contributed by atoms with Crippen LogP contribution in [0.1, 0.15) is 17.8 Å². The minimum Gasteiger partial charge on any atom is -0.356 e. The fourth-order valence-corrected chi connectivity index (χ4v) is 3.77. The number of carbonyl (C=O) groups excluding carboxylic acids is 2. The van der Waals surface area contributed by atoms with Gasteiger partial charge in [-0.2, -0.15) is 0 Å². The van der Waals surface area contributed by atoms with Crippen molar-refractivity contribution in [2.24, 2.45) is 0 Å². The number of aromatic nitrogens is 2. The molecule has 0 saturated carbocycles. The highest BCUT2D eigenvalue weighted by atomic mass is 35.5. The summed E-state index contributed by atoms with van der Waals surface area (Å²) >= 11 is 5.89. The third kappa shape index (κ3) is 6.80. The third-order valence-electron chi connectivity index (χ3n) is 5.26. The van der Waals surface area contributed by atoms with E-state index in [0.717, 1.165) is 22.4 Å². The Bertz CT molecular complexity index is 1110. The Labute approximate surface area is 199 Å². The summed E-state index contributed by atoms with van der Waals surface area (Å²) in [5.41, 5.74) is 2.69. The summed E-state index contributed by atoms with van der Waals surface area (Å²) in [5, 5.41) is 3.61. The van der Waals surface area contributed by atoms with Gasteiger partial charge in [-0.25, -0.2) is 4.98 Å². The molecular weight excluding hydrogens is 436 g/mol. The van der Waals surface area contributed by atoms with Crippen molar-refractivity contribution in [3.63, 3.8) is 0 Å². The average Bonchev–Trinajstić information content (AvgIpc) is 3.15. The molecule has 3 aromatic rings. The SMILES string of the molecule is C=CCN(CC=C)C(=O)Cn1c(CCCNC(=O)Cc2ccc(Cl)cc2)nc2ccccc21. The highest BCUT2D eigenvalue weighted by Gasteiger charge is 2.17. The number of rotatable bonds is 12. The molecule has 3 rings (SSSR count). The second-order valence-electron chi connectivity index (χ2n) is 7.74. The Hall–Kier alpha value is -3.38. The van der Waals surface area contributed by atoms with Gasteiger partial charge in [0.05, 0.1) is 17.5 Å². The molecule has 0 unspecified atom stereocenters. The van der Waals surface area contributed by atoms with Gasteiger partial charge in [0.1, 0.15) is 12.4 Å². The molecule has 0 atom stereocenters. The molecule has 1 N–H and O–H groups in total. The van der Waals surface area contributed by atoms with Crippen LogP contribution >= 0.6 is 11.6 Å². The molecule has 0 radical (unpaired) electrons. The molecule has 2 aromatic carbocycles. The molecule has 0 aliphatic heterocycles. The van der Waals surface area contributed by atoms with E-state index in [1.165, 1.54) is 0 Å². The first-order chi connectivity index (χ1) is 16.0. The predicted octanol–water partition coefficient (Wildman–Crippen LogP) is 4.18. The lowest BCUT2D eigenvalue weighted by molar-refractivity contribution is -0.130. The Morgan fingerprint density at radius 3 is 2.45 bits per heavy atom. The number of amides is 2. The fraction of sp³-hybridized carbons (Fsp3) is 0.269. The van der Waals surface area contributed by atoms with Gasteiger partial charge in [0.2, 0.25) is 11.8 Å². The number of halogens is 1. The van der Waals surface area contributed by atoms with Gasteiger partial charge >= 0.3 is 0 Å². The molecule has 0 aliphatic carbocycles. The van der Waals surface area contributed by atoms with E-state index in [4.69, 9.17) is 16.6 Å². The van der Waals surface area contributed by atoms with Gasteiger partial charge in [-0.15, -0.1) is 13.2 Å². The molecule has 1 heterocycles. The number of carbonyl (C=O) groups is 2. The van der Waals surface area contributed by atoms with Crippen LogP contribution < -0.4 is 5.32 Å². The molecule has 6 nitrogen and oxygen atoms in total. The van der Waals surface area contributed by atoms with Crippen LogP contribution in [0.2, 0.25) is 5.02 Å². The van der Waals surface area contributed by atoms with E-state index in [1.54, 1.807) is 29.2 Å². The lowest BCUT2D eigenvalue weighted by atomic mass is 10.1. The number of nitrogens with zero attached hydrogens (tertiary/aromatic N) is 3. The predicted molar refractivity (Wildman–Crippen MR) is 133 cm³/mol. The van der Waals surface area contributed by atoms with Crippen LogP contribution in [0.25, 0.3) is 11.0 Å². The molecular formula is C26H29ClN4O2. The van der Waals surface area contributed by atoms with Crippen molar-refractivity contribution in [1.82, 2.24) is 19.8 Å². The smallest absolute Gasteiger partial charge is 0.243 e. The van der Waals surface area contributed by atoms with E-state index in [1.807, 2.05) is 41.0 Å². The maximum Gasteiger partial charge on any atom is 0.243 e. The Morgan fingerprint density at radius 1 is 1.06 bits per heavy atom. The molecule has 2 amide bonds. The van der Waals surface area contributed by atoms with Crippen molar-refractivity contribution in [2.75, 3.05) is 19.6 Å². The summed E-state index contributed by atoms with van der Waals surface area (Å²) in [6.45, 7) is 9.13. The molecule has 7 heteroatoms. The number of hydrogen-bond donors (Lipinski definition) is 1. The first kappa shape index (κ1) is 24.3. The first-order valence-electron chi connectivity index (χ1n) is 11.0. The molecule has 0 spiro atoms. The highest BCUT2D eigenvalue weighted by Crippen LogP contribution is 2.18. The van der Waals surface area contributed by atoms with Crippen LogP contribution in [0.5, 0.6) is 0 Å². The molecule has 1 aromatic heterocycles. The number of imidazole rings is 1. The summed E-state index contributed by atoms with van der Waals surface area (Å²) in [6, 6.07) is 15.0. The number of aryl methyl sites for hydroxylation is 1. The van der Waals surface area contributed by atoms with Gasteiger partial charge in [-0.1, -0.05) is 48.0 Å². The average molecular weight is 465 g/mol. The van der Waals surface area contributed by atoms with Crippen molar-refractivity contribution < 1.29 is 9.59 Å². The molecule has 0 bridgehead atoms. The Kier molecular flexibility index (Phi) is 8.84. The van der Waals surface area contributed by atoms with Crippen LogP contribution in [0.4, 0.5) is 0 Å². The largest absolute Gasteiger partial charge is 0.356 e. The van der Waals surface area contributed by atoms with Gasteiger partial charge in [0.15, 0.2) is 0 Å². The molecule has 0 saturated heterocycles. The zero-order chi connectivity index (χ0) is 23.6. The Morgan fingerprint density at radius 2 is 1.76 bits per heavy atom. The van der Waals surface area contributed by atoms with E-state index in [9.17, 15) is 9.59 Å². The summed E-state index contributed by atoms with van der Waals surface area (Å²) in [5.74, 6) is 0.773. The van der Waals surface area contributed by atoms with Gasteiger partial charge < -0.3 is 14.8 Å². The Balaban J connectivity index is 1.62. The van der Waals surface area contributed by atoms with Gasteiger partial charge in [0, 0.05) is 31.1 Å². The second kappa shape index (κ2) is 12.0. The zero-order valence-electron chi connectivity index (χ0n) is 18.7. The fourth-order valence-electron chi connectivity index (χ4n) is 3.64. The molecule has 0 aliphatic rings. The minimum absolute atomic E-state index is 0.0181. The van der Waals surface area contributed by atoms with E-state index in [-0.39, 0.29) is 18.4 Å². The number of fused-ring (bicyclic) bond motifs is 1. The molecule has 172 valence electrons. The van der Waals surface area contributed by atoms with E-state index in [0.29, 0.717) is 43.9 Å². The third-order valence-corrected chi connectivity index (χ3v) is 5.51. The van der Waals surface area contributed by atoms with Crippen LogP contribution in [0.3, 0.4) is 0 Å². The van der Waals surface area contributed by atoms with Crippen LogP contribution in [0.15, 0.2) is 73.8 Å². The first-order valence-corrected chi connectivity index (χ1v) is 11.3. The van der Waals surface area contributed by atoms with Crippen molar-refractivity contribution in [3.05, 3.63) is 90.3 Å². The summed E-state index contributed by atoms with van der Waals surface area (Å²) in [7, 11) is 0. The second-order valence-corrected chi connectivity index (χ2v) is 8.17. The normalized spacial score (nSPS) is 10.7. The van der Waals surface area contributed by atoms with E-state index in [2.05, 4.69) is 18.5 Å². The van der Waals surface area contributed by atoms with Crippen LogP contribution in [0, 0.1) is 0 Å². The van der Waals surface area contributed by atoms with E-state index < -0.39 is 0 Å². The monoisotopic (exact) mass is 464 g/mol. The van der Waals surface area contributed by atoms with Crippen LogP contribution in [-0.2, 0) is 29.0 Å². The number of hydrogen-bond acceptors (Lipinski definition) is 3. The lowest BCUT2D eigenvalue weighted by Crippen LogP contribution is -2.34. The molecule has 33 heavy (non-hydrogen) atoms. The van der Waals surface area contributed by atoms with Crippen molar-refractivity contribution in [1.29, 1.82) is 0 Å². The maximum absolute atomic E-state index is 12.9. The zero-order valence-corrected chi connectivity index (χ0v) is 19.4.